The van der Waals surface area contributed by atoms with Gasteiger partial charge >= 0.3 is 5.97 Å². The van der Waals surface area contributed by atoms with Crippen LogP contribution in [-0.2, 0) is 19.1 Å². The Morgan fingerprint density at radius 3 is 2.42 bits per heavy atom. The zero-order valence-corrected chi connectivity index (χ0v) is 19.3. The first kappa shape index (κ1) is 22.8. The fourth-order valence-electron chi connectivity index (χ4n) is 3.54. The van der Waals surface area contributed by atoms with Gasteiger partial charge in [-0.1, -0.05) is 15.9 Å². The maximum atomic E-state index is 12.4. The van der Waals surface area contributed by atoms with E-state index in [2.05, 4.69) is 21.2 Å². The van der Waals surface area contributed by atoms with Crippen molar-refractivity contribution >= 4 is 45.1 Å². The zero-order chi connectivity index (χ0) is 22.5. The lowest BCUT2D eigenvalue weighted by Crippen LogP contribution is -2.28. The molecule has 8 heteroatoms. The van der Waals surface area contributed by atoms with E-state index in [0.29, 0.717) is 18.0 Å². The van der Waals surface area contributed by atoms with Gasteiger partial charge in [0, 0.05) is 28.8 Å². The van der Waals surface area contributed by atoms with Gasteiger partial charge in [0.15, 0.2) is 6.61 Å². The van der Waals surface area contributed by atoms with Gasteiger partial charge < -0.3 is 19.7 Å². The third kappa shape index (κ3) is 5.64. The van der Waals surface area contributed by atoms with E-state index in [9.17, 15) is 14.4 Å². The summed E-state index contributed by atoms with van der Waals surface area (Å²) in [4.78, 5) is 38.6. The van der Waals surface area contributed by atoms with Gasteiger partial charge in [0.25, 0.3) is 5.91 Å². The van der Waals surface area contributed by atoms with Crippen LogP contribution in [0.4, 0.5) is 11.4 Å². The molecular weight excluding hydrogens is 464 g/mol. The Morgan fingerprint density at radius 2 is 1.81 bits per heavy atom. The number of nitrogens with one attached hydrogen (secondary N) is 1. The van der Waals surface area contributed by atoms with Crippen LogP contribution in [0, 0.1) is 19.8 Å². The molecule has 164 valence electrons. The maximum Gasteiger partial charge on any atom is 0.311 e. The number of anilines is 2. The smallest absolute Gasteiger partial charge is 0.311 e. The van der Waals surface area contributed by atoms with E-state index in [1.54, 1.807) is 29.2 Å². The highest BCUT2D eigenvalue weighted by molar-refractivity contribution is 9.10. The largest absolute Gasteiger partial charge is 0.494 e. The Labute approximate surface area is 189 Å². The minimum absolute atomic E-state index is 0.0542. The summed E-state index contributed by atoms with van der Waals surface area (Å²) < 4.78 is 11.5. The van der Waals surface area contributed by atoms with Gasteiger partial charge in [-0.2, -0.15) is 0 Å². The van der Waals surface area contributed by atoms with Gasteiger partial charge in [0.1, 0.15) is 5.75 Å². The summed E-state index contributed by atoms with van der Waals surface area (Å²) in [5.41, 5.74) is 3.20. The summed E-state index contributed by atoms with van der Waals surface area (Å²) in [5.74, 6) is -1.02. The summed E-state index contributed by atoms with van der Waals surface area (Å²) in [6, 6.07) is 10.9. The van der Waals surface area contributed by atoms with Gasteiger partial charge in [-0.25, -0.2) is 0 Å². The Bertz CT molecular complexity index is 967. The van der Waals surface area contributed by atoms with Crippen molar-refractivity contribution in [2.45, 2.75) is 27.2 Å². The van der Waals surface area contributed by atoms with Crippen LogP contribution in [0.15, 0.2) is 40.9 Å². The average Bonchev–Trinajstić information content (AvgIpc) is 3.11. The summed E-state index contributed by atoms with van der Waals surface area (Å²) in [5, 5.41) is 2.78. The van der Waals surface area contributed by atoms with Crippen molar-refractivity contribution in [1.29, 1.82) is 0 Å². The predicted molar refractivity (Wildman–Crippen MR) is 121 cm³/mol. The number of nitrogens with zero attached hydrogens (tertiary/aromatic N) is 1. The lowest BCUT2D eigenvalue weighted by molar-refractivity contribution is -0.151. The number of amides is 2. The lowest BCUT2D eigenvalue weighted by atomic mass is 10.1. The van der Waals surface area contributed by atoms with E-state index < -0.39 is 24.4 Å². The molecule has 0 aromatic heterocycles. The number of aryl methyl sites for hydroxylation is 2. The topological polar surface area (TPSA) is 84.9 Å². The number of rotatable bonds is 7. The van der Waals surface area contributed by atoms with Gasteiger partial charge in [0.05, 0.1) is 12.5 Å². The Morgan fingerprint density at radius 1 is 1.16 bits per heavy atom. The number of carbonyl (C=O) groups excluding carboxylic acids is 3. The minimum atomic E-state index is -0.608. The van der Waals surface area contributed by atoms with Crippen LogP contribution in [0.5, 0.6) is 5.75 Å². The van der Waals surface area contributed by atoms with Crippen molar-refractivity contribution in [3.63, 3.8) is 0 Å². The first-order valence-electron chi connectivity index (χ1n) is 10.0. The molecule has 1 saturated heterocycles. The molecule has 31 heavy (non-hydrogen) atoms. The molecule has 1 atom stereocenters. The highest BCUT2D eigenvalue weighted by Gasteiger charge is 2.36. The normalized spacial score (nSPS) is 15.7. The summed E-state index contributed by atoms with van der Waals surface area (Å²) in [7, 11) is 0. The molecule has 2 aromatic carbocycles. The SMILES string of the molecule is CCOc1ccc(N2C[C@@H](C(=O)OCC(=O)Nc3c(C)cc(Br)cc3C)CC2=O)cc1. The Balaban J connectivity index is 1.54. The molecule has 0 aliphatic carbocycles. The van der Waals surface area contributed by atoms with Crippen LogP contribution in [-0.4, -0.2) is 37.5 Å². The molecule has 0 spiro atoms. The number of halogens is 1. The molecule has 0 bridgehead atoms. The molecule has 1 heterocycles. The minimum Gasteiger partial charge on any atom is -0.494 e. The molecule has 1 fully saturated rings. The zero-order valence-electron chi connectivity index (χ0n) is 17.7. The third-order valence-electron chi connectivity index (χ3n) is 5.03. The van der Waals surface area contributed by atoms with Crippen LogP contribution in [0.2, 0.25) is 0 Å². The molecule has 2 aromatic rings. The number of benzene rings is 2. The van der Waals surface area contributed by atoms with Crippen LogP contribution in [0.3, 0.4) is 0 Å². The molecule has 0 saturated carbocycles. The van der Waals surface area contributed by atoms with Gasteiger partial charge in [-0.3, -0.25) is 14.4 Å². The van der Waals surface area contributed by atoms with Crippen molar-refractivity contribution in [2.24, 2.45) is 5.92 Å². The van der Waals surface area contributed by atoms with Gasteiger partial charge in [-0.05, 0) is 68.3 Å². The van der Waals surface area contributed by atoms with Crippen molar-refractivity contribution in [1.82, 2.24) is 0 Å². The first-order valence-corrected chi connectivity index (χ1v) is 10.8. The molecule has 1 N–H and O–H groups in total. The molecule has 0 unspecified atom stereocenters. The summed E-state index contributed by atoms with van der Waals surface area (Å²) >= 11 is 3.42. The molecule has 3 rings (SSSR count). The lowest BCUT2D eigenvalue weighted by Gasteiger charge is -2.17. The van der Waals surface area contributed by atoms with Crippen molar-refractivity contribution in [3.8, 4) is 5.75 Å². The Kier molecular flexibility index (Phi) is 7.33. The van der Waals surface area contributed by atoms with Crippen LogP contribution in [0.1, 0.15) is 24.5 Å². The maximum absolute atomic E-state index is 12.4. The highest BCUT2D eigenvalue weighted by Crippen LogP contribution is 2.28. The molecule has 7 nitrogen and oxygen atoms in total. The molecule has 1 aliphatic rings. The molecular formula is C23H25BrN2O5. The van der Waals surface area contributed by atoms with Gasteiger partial charge in [-0.15, -0.1) is 0 Å². The van der Waals surface area contributed by atoms with Crippen molar-refractivity contribution in [3.05, 3.63) is 52.0 Å². The van der Waals surface area contributed by atoms with Crippen molar-refractivity contribution in [2.75, 3.05) is 30.0 Å². The van der Waals surface area contributed by atoms with Crippen LogP contribution >= 0.6 is 15.9 Å². The summed E-state index contributed by atoms with van der Waals surface area (Å²) in [6.07, 6.45) is 0.0542. The van der Waals surface area contributed by atoms with E-state index in [4.69, 9.17) is 9.47 Å². The fourth-order valence-corrected chi connectivity index (χ4v) is 4.23. The third-order valence-corrected chi connectivity index (χ3v) is 5.48. The predicted octanol–water partition coefficient (Wildman–Crippen LogP) is 4.00. The van der Waals surface area contributed by atoms with Crippen molar-refractivity contribution < 1.29 is 23.9 Å². The average molecular weight is 489 g/mol. The number of hydrogen-bond donors (Lipinski definition) is 1. The second-order valence-electron chi connectivity index (χ2n) is 7.40. The monoisotopic (exact) mass is 488 g/mol. The van der Waals surface area contributed by atoms with Crippen LogP contribution in [0.25, 0.3) is 0 Å². The van der Waals surface area contributed by atoms with E-state index in [1.807, 2.05) is 32.9 Å². The van der Waals surface area contributed by atoms with Gasteiger partial charge in [0.2, 0.25) is 5.91 Å². The standard InChI is InChI=1S/C23H25BrN2O5/c1-4-30-19-7-5-18(6-8-19)26-12-16(11-21(26)28)23(29)31-13-20(27)25-22-14(2)9-17(24)10-15(22)3/h5-10,16H,4,11-13H2,1-3H3,(H,25,27)/t16-/m0/s1. The number of ether oxygens (including phenoxy) is 2. The van der Waals surface area contributed by atoms with E-state index in [-0.39, 0.29) is 18.9 Å². The summed E-state index contributed by atoms with van der Waals surface area (Å²) in [6.45, 7) is 6.05. The van der Waals surface area contributed by atoms with E-state index >= 15 is 0 Å². The number of carbonyl (C=O) groups is 3. The second kappa shape index (κ2) is 9.96. The van der Waals surface area contributed by atoms with Crippen LogP contribution < -0.4 is 15.0 Å². The first-order chi connectivity index (χ1) is 14.8. The quantitative estimate of drug-likeness (QED) is 0.595. The molecule has 2 amide bonds. The second-order valence-corrected chi connectivity index (χ2v) is 8.32. The Hall–Kier alpha value is -2.87. The van der Waals surface area contributed by atoms with E-state index in [1.165, 1.54) is 0 Å². The molecule has 1 aliphatic heterocycles. The fraction of sp³-hybridized carbons (Fsp3) is 0.348. The van der Waals surface area contributed by atoms with E-state index in [0.717, 1.165) is 21.3 Å². The number of esters is 1. The molecule has 0 radical (unpaired) electrons. The highest BCUT2D eigenvalue weighted by atomic mass is 79.9. The number of hydrogen-bond acceptors (Lipinski definition) is 5.